The fourth-order valence-corrected chi connectivity index (χ4v) is 6.23. The minimum Gasteiger partial charge on any atom is -0.496 e. The Hall–Kier alpha value is -4.02. The van der Waals surface area contributed by atoms with E-state index in [-0.39, 0.29) is 18.1 Å². The summed E-state index contributed by atoms with van der Waals surface area (Å²) in [5, 5.41) is 6.23. The Balaban J connectivity index is 1.71. The third-order valence-electron chi connectivity index (χ3n) is 6.88. The smallest absolute Gasteiger partial charge is 0.338 e. The summed E-state index contributed by atoms with van der Waals surface area (Å²) in [6, 6.07) is 13.3. The van der Waals surface area contributed by atoms with Gasteiger partial charge in [-0.25, -0.2) is 9.79 Å². The number of aromatic nitrogens is 1. The maximum atomic E-state index is 14.1. The van der Waals surface area contributed by atoms with Gasteiger partial charge in [0.05, 0.1) is 40.9 Å². The van der Waals surface area contributed by atoms with Crippen LogP contribution in [-0.2, 0) is 14.3 Å². The fraction of sp³-hybridized carbons (Fsp3) is 0.300. The minimum atomic E-state index is -0.891. The Labute approximate surface area is 245 Å². The van der Waals surface area contributed by atoms with Gasteiger partial charge >= 0.3 is 5.97 Å². The molecule has 0 unspecified atom stereocenters. The van der Waals surface area contributed by atoms with Gasteiger partial charge in [-0.2, -0.15) is 10.1 Å². The molecule has 11 heteroatoms. The first kappa shape index (κ1) is 28.5. The minimum absolute atomic E-state index is 0.159. The van der Waals surface area contributed by atoms with Crippen LogP contribution in [0.5, 0.6) is 5.75 Å². The number of amides is 1. The quantitative estimate of drug-likeness (QED) is 0.364. The van der Waals surface area contributed by atoms with Crippen LogP contribution in [0.4, 0.5) is 5.69 Å². The molecule has 0 aliphatic carbocycles. The molecular formula is C30H29ClN4O5S. The fourth-order valence-electron chi connectivity index (χ4n) is 5.03. The molecule has 2 aromatic carbocycles. The molecule has 0 radical (unpaired) electrons. The summed E-state index contributed by atoms with van der Waals surface area (Å²) in [6.45, 7) is 5.63. The van der Waals surface area contributed by atoms with Crippen molar-refractivity contribution in [2.45, 2.75) is 39.7 Å². The summed E-state index contributed by atoms with van der Waals surface area (Å²) in [7, 11) is 1.52. The van der Waals surface area contributed by atoms with Gasteiger partial charge in [0.2, 0.25) is 0 Å². The zero-order chi connectivity index (χ0) is 29.3. The van der Waals surface area contributed by atoms with Crippen LogP contribution < -0.4 is 24.6 Å². The Morgan fingerprint density at radius 1 is 1.15 bits per heavy atom. The molecule has 0 fully saturated rings. The lowest BCUT2D eigenvalue weighted by molar-refractivity contribution is -0.139. The van der Waals surface area contributed by atoms with E-state index in [0.717, 1.165) is 6.42 Å². The van der Waals surface area contributed by atoms with Crippen molar-refractivity contribution in [1.29, 1.82) is 0 Å². The van der Waals surface area contributed by atoms with E-state index in [1.165, 1.54) is 28.0 Å². The number of allylic oxidation sites excluding steroid dienone is 1. The van der Waals surface area contributed by atoms with E-state index in [4.69, 9.17) is 26.1 Å². The highest BCUT2D eigenvalue weighted by atomic mass is 35.5. The first-order chi connectivity index (χ1) is 19.8. The topological polar surface area (TPSA) is 103 Å². The van der Waals surface area contributed by atoms with Gasteiger partial charge in [0, 0.05) is 10.6 Å². The summed E-state index contributed by atoms with van der Waals surface area (Å²) in [6.07, 6.45) is 2.85. The number of anilines is 1. The highest BCUT2D eigenvalue weighted by molar-refractivity contribution is 7.07. The number of carbonyl (C=O) groups excluding carboxylic acids is 2. The number of rotatable bonds is 8. The van der Waals surface area contributed by atoms with Gasteiger partial charge in [-0.15, -0.1) is 0 Å². The van der Waals surface area contributed by atoms with Crippen molar-refractivity contribution in [3.05, 3.63) is 90.1 Å². The Morgan fingerprint density at radius 2 is 1.90 bits per heavy atom. The zero-order valence-corrected chi connectivity index (χ0v) is 24.7. The van der Waals surface area contributed by atoms with E-state index in [1.807, 2.05) is 25.1 Å². The Kier molecular flexibility index (Phi) is 8.23. The molecule has 2 aliphatic rings. The van der Waals surface area contributed by atoms with Gasteiger partial charge in [0.1, 0.15) is 17.7 Å². The van der Waals surface area contributed by atoms with Crippen molar-refractivity contribution in [2.24, 2.45) is 16.0 Å². The van der Waals surface area contributed by atoms with Gasteiger partial charge in [-0.05, 0) is 56.7 Å². The summed E-state index contributed by atoms with van der Waals surface area (Å²) >= 11 is 7.57. The molecule has 0 bridgehead atoms. The average Bonchev–Trinajstić information content (AvgIpc) is 3.43. The molecule has 5 rings (SSSR count). The molecule has 3 heterocycles. The second-order valence-corrected chi connectivity index (χ2v) is 11.0. The Bertz CT molecular complexity index is 1760. The molecule has 0 saturated heterocycles. The molecular weight excluding hydrogens is 564 g/mol. The zero-order valence-electron chi connectivity index (χ0n) is 23.1. The van der Waals surface area contributed by atoms with Crippen LogP contribution in [0, 0.1) is 5.92 Å². The number of methoxy groups -OCH3 is 1. The summed E-state index contributed by atoms with van der Waals surface area (Å²) in [5.41, 5.74) is 2.15. The predicted octanol–water partition coefficient (Wildman–Crippen LogP) is 4.23. The average molecular weight is 593 g/mol. The molecule has 0 spiro atoms. The molecule has 41 heavy (non-hydrogen) atoms. The molecule has 3 aromatic rings. The highest BCUT2D eigenvalue weighted by Crippen LogP contribution is 2.38. The molecule has 9 nitrogen and oxygen atoms in total. The number of thiazole rings is 1. The summed E-state index contributed by atoms with van der Waals surface area (Å²) in [4.78, 5) is 46.1. The largest absolute Gasteiger partial charge is 0.496 e. The second kappa shape index (κ2) is 11.8. The first-order valence-electron chi connectivity index (χ1n) is 13.3. The lowest BCUT2D eigenvalue weighted by Gasteiger charge is -2.27. The van der Waals surface area contributed by atoms with E-state index < -0.39 is 23.5 Å². The van der Waals surface area contributed by atoms with Gasteiger partial charge < -0.3 is 9.47 Å². The molecule has 0 saturated carbocycles. The maximum absolute atomic E-state index is 14.1. The lowest BCUT2D eigenvalue weighted by Crippen LogP contribution is -2.40. The number of benzene rings is 2. The van der Waals surface area contributed by atoms with Crippen molar-refractivity contribution in [2.75, 3.05) is 18.7 Å². The van der Waals surface area contributed by atoms with Gasteiger partial charge in [0.15, 0.2) is 4.80 Å². The van der Waals surface area contributed by atoms with Crippen LogP contribution in [0.2, 0.25) is 5.02 Å². The maximum Gasteiger partial charge on any atom is 0.338 e. The van der Waals surface area contributed by atoms with E-state index in [0.29, 0.717) is 49.2 Å². The van der Waals surface area contributed by atoms with Crippen molar-refractivity contribution < 1.29 is 19.1 Å². The number of esters is 1. The lowest BCUT2D eigenvalue weighted by atomic mass is 9.93. The monoisotopic (exact) mass is 592 g/mol. The number of para-hydroxylation sites is 1. The van der Waals surface area contributed by atoms with Gasteiger partial charge in [-0.1, -0.05) is 54.5 Å². The van der Waals surface area contributed by atoms with Crippen molar-refractivity contribution >= 4 is 52.3 Å². The summed E-state index contributed by atoms with van der Waals surface area (Å²) < 4.78 is 12.9. The number of nitrogens with zero attached hydrogens (tertiary/aromatic N) is 4. The molecule has 2 atom stereocenters. The number of hydrogen-bond donors (Lipinski definition) is 0. The highest BCUT2D eigenvalue weighted by Gasteiger charge is 2.37. The van der Waals surface area contributed by atoms with Crippen LogP contribution in [-0.4, -0.2) is 35.9 Å². The number of hydrazone groups is 1. The molecule has 1 amide bonds. The second-order valence-electron chi connectivity index (χ2n) is 9.53. The number of halogens is 1. The van der Waals surface area contributed by atoms with Gasteiger partial charge in [0.25, 0.3) is 11.5 Å². The van der Waals surface area contributed by atoms with Crippen LogP contribution in [0.3, 0.4) is 0 Å². The third-order valence-corrected chi connectivity index (χ3v) is 8.12. The van der Waals surface area contributed by atoms with Crippen LogP contribution in [0.15, 0.2) is 74.7 Å². The van der Waals surface area contributed by atoms with Crippen molar-refractivity contribution in [1.82, 2.24) is 4.57 Å². The normalized spacial score (nSPS) is 18.8. The number of fused-ring (bicyclic) bond motifs is 1. The van der Waals surface area contributed by atoms with Gasteiger partial charge in [-0.3, -0.25) is 14.2 Å². The molecule has 0 N–H and O–H groups in total. The predicted molar refractivity (Wildman–Crippen MR) is 159 cm³/mol. The van der Waals surface area contributed by atoms with E-state index >= 15 is 0 Å². The van der Waals surface area contributed by atoms with E-state index in [1.54, 1.807) is 50.3 Å². The SMILES string of the molecule is CCCC1=C(C(=O)OCC)[C@@H](c2cc(Cl)ccc2OC)n2c(s/c(=C\[C@H]3C(=O)N(c4ccccc4)N=C3C)c2=O)=N1. The van der Waals surface area contributed by atoms with Crippen LogP contribution in [0.1, 0.15) is 45.2 Å². The molecule has 2 aliphatic heterocycles. The van der Waals surface area contributed by atoms with Crippen molar-refractivity contribution in [3.63, 3.8) is 0 Å². The molecule has 212 valence electrons. The van der Waals surface area contributed by atoms with Crippen LogP contribution in [0.25, 0.3) is 6.08 Å². The molecule has 1 aromatic heterocycles. The van der Waals surface area contributed by atoms with E-state index in [2.05, 4.69) is 5.10 Å². The standard InChI is InChI=1S/C30H29ClN4O5S/c1-5-10-22-25(29(38)40-6-2)26(21-15-18(31)13-14-23(21)39-4)34-28(37)24(41-30(34)32-22)16-20-17(3)33-35(27(20)36)19-11-8-7-9-12-19/h7-9,11-16,20,26H,5-6,10H2,1-4H3/b24-16-/t20-,26-/m1/s1. The number of ether oxygens (including phenoxy) is 2. The van der Waals surface area contributed by atoms with E-state index in [9.17, 15) is 14.4 Å². The number of carbonyl (C=O) groups is 2. The number of hydrogen-bond acceptors (Lipinski definition) is 8. The first-order valence-corrected chi connectivity index (χ1v) is 14.5. The Morgan fingerprint density at radius 3 is 2.59 bits per heavy atom. The summed E-state index contributed by atoms with van der Waals surface area (Å²) in [5.74, 6) is -1.09. The third kappa shape index (κ3) is 5.25. The van der Waals surface area contributed by atoms with Crippen LogP contribution >= 0.6 is 22.9 Å². The van der Waals surface area contributed by atoms with Crippen molar-refractivity contribution in [3.8, 4) is 5.75 Å².